The number of rotatable bonds is 8. The Kier molecular flexibility index (Phi) is 6.45. The summed E-state index contributed by atoms with van der Waals surface area (Å²) in [4.78, 5) is 27.7. The predicted octanol–water partition coefficient (Wildman–Crippen LogP) is 3.49. The van der Waals surface area contributed by atoms with E-state index < -0.39 is 5.69 Å². The molecule has 0 aliphatic rings. The fraction of sp³-hybridized carbons (Fsp3) is 0.273. The average molecular weight is 379 g/mol. The fourth-order valence-electron chi connectivity index (χ4n) is 3.05. The van der Waals surface area contributed by atoms with Crippen molar-refractivity contribution in [2.45, 2.75) is 32.5 Å². The van der Waals surface area contributed by atoms with Gasteiger partial charge in [-0.1, -0.05) is 60.7 Å². The second kappa shape index (κ2) is 9.19. The molecule has 2 N–H and O–H groups in total. The molecule has 6 nitrogen and oxygen atoms in total. The van der Waals surface area contributed by atoms with Crippen LogP contribution >= 0.6 is 0 Å². The third kappa shape index (κ3) is 4.98. The molecule has 0 amide bonds. The van der Waals surface area contributed by atoms with Crippen LogP contribution in [-0.4, -0.2) is 16.2 Å². The molecule has 2 aromatic carbocycles. The lowest BCUT2D eigenvalue weighted by molar-refractivity contribution is 0.0926. The van der Waals surface area contributed by atoms with Gasteiger partial charge in [0.2, 0.25) is 0 Å². The van der Waals surface area contributed by atoms with Crippen molar-refractivity contribution in [3.05, 3.63) is 98.7 Å². The highest BCUT2D eigenvalue weighted by Gasteiger charge is 2.13. The number of H-pyrrole nitrogens is 1. The van der Waals surface area contributed by atoms with Crippen molar-refractivity contribution in [1.82, 2.24) is 9.55 Å². The van der Waals surface area contributed by atoms with Crippen LogP contribution in [0.1, 0.15) is 37.1 Å². The van der Waals surface area contributed by atoms with Crippen LogP contribution in [0.25, 0.3) is 0 Å². The number of anilines is 1. The molecule has 0 saturated heterocycles. The highest BCUT2D eigenvalue weighted by molar-refractivity contribution is 5.36. The molecular weight excluding hydrogens is 354 g/mol. The maximum atomic E-state index is 12.5. The van der Waals surface area contributed by atoms with E-state index in [0.29, 0.717) is 12.4 Å². The van der Waals surface area contributed by atoms with Crippen molar-refractivity contribution in [1.29, 1.82) is 0 Å². The van der Waals surface area contributed by atoms with E-state index in [1.54, 1.807) is 6.92 Å². The molecule has 0 saturated carbocycles. The van der Waals surface area contributed by atoms with Crippen molar-refractivity contribution >= 4 is 5.82 Å². The summed E-state index contributed by atoms with van der Waals surface area (Å²) >= 11 is 0. The molecule has 3 aromatic rings. The van der Waals surface area contributed by atoms with Gasteiger partial charge in [-0.25, -0.2) is 4.79 Å². The molecule has 1 heterocycles. The molecule has 3 rings (SSSR count). The molecule has 2 atom stereocenters. The first-order chi connectivity index (χ1) is 13.5. The van der Waals surface area contributed by atoms with Crippen molar-refractivity contribution in [3.63, 3.8) is 0 Å². The fourth-order valence-corrected chi connectivity index (χ4v) is 3.05. The average Bonchev–Trinajstić information content (AvgIpc) is 2.69. The van der Waals surface area contributed by atoms with Crippen molar-refractivity contribution in [2.75, 3.05) is 11.9 Å². The maximum Gasteiger partial charge on any atom is 0.330 e. The molecule has 0 aliphatic heterocycles. The van der Waals surface area contributed by atoms with Crippen LogP contribution in [0, 0.1) is 0 Å². The highest BCUT2D eigenvalue weighted by Crippen LogP contribution is 2.16. The Hall–Kier alpha value is -3.12. The lowest BCUT2D eigenvalue weighted by Gasteiger charge is -2.18. The van der Waals surface area contributed by atoms with Gasteiger partial charge in [0.15, 0.2) is 0 Å². The number of ether oxygens (including phenoxy) is 1. The summed E-state index contributed by atoms with van der Waals surface area (Å²) in [6, 6.07) is 20.6. The Morgan fingerprint density at radius 3 is 2.29 bits per heavy atom. The number of aromatic nitrogens is 2. The number of aromatic amines is 1. The second-order valence-electron chi connectivity index (χ2n) is 6.82. The van der Waals surface area contributed by atoms with Crippen molar-refractivity contribution in [2.24, 2.45) is 0 Å². The van der Waals surface area contributed by atoms with Gasteiger partial charge in [0.05, 0.1) is 19.3 Å². The van der Waals surface area contributed by atoms with Crippen LogP contribution in [0.4, 0.5) is 5.82 Å². The standard InChI is InChI=1S/C22H25N3O3/c1-16(14-28-15-18-9-5-3-6-10-18)25-21(26)13-20(24-22(25)27)23-17(2)19-11-7-4-8-12-19/h3-13,16-17,23H,14-15H2,1-2H3,(H,24,27)/t16?,17-/m0/s1. The molecule has 0 spiro atoms. The summed E-state index contributed by atoms with van der Waals surface area (Å²) in [6.45, 7) is 4.47. The topological polar surface area (TPSA) is 76.1 Å². The SMILES string of the molecule is CC(COCc1ccccc1)n1c(=O)cc(N[C@@H](C)c2ccccc2)[nH]c1=O. The van der Waals surface area contributed by atoms with Gasteiger partial charge in [0, 0.05) is 12.1 Å². The first kappa shape index (κ1) is 19.6. The Bertz CT molecular complexity index is 966. The zero-order chi connectivity index (χ0) is 19.9. The summed E-state index contributed by atoms with van der Waals surface area (Å²) in [5, 5.41) is 3.17. The predicted molar refractivity (Wildman–Crippen MR) is 111 cm³/mol. The van der Waals surface area contributed by atoms with Gasteiger partial charge in [-0.2, -0.15) is 0 Å². The van der Waals surface area contributed by atoms with E-state index >= 15 is 0 Å². The van der Waals surface area contributed by atoms with Crippen molar-refractivity contribution < 1.29 is 4.74 Å². The van der Waals surface area contributed by atoms with Crippen LogP contribution in [0.3, 0.4) is 0 Å². The van der Waals surface area contributed by atoms with E-state index in [4.69, 9.17) is 4.74 Å². The maximum absolute atomic E-state index is 12.5. The first-order valence-electron chi connectivity index (χ1n) is 9.33. The molecule has 146 valence electrons. The Labute approximate surface area is 163 Å². The zero-order valence-electron chi connectivity index (χ0n) is 16.1. The second-order valence-corrected chi connectivity index (χ2v) is 6.82. The minimum atomic E-state index is -0.453. The minimum Gasteiger partial charge on any atom is -0.375 e. The van der Waals surface area contributed by atoms with Gasteiger partial charge in [-0.05, 0) is 25.0 Å². The van der Waals surface area contributed by atoms with Crippen LogP contribution in [0.5, 0.6) is 0 Å². The monoisotopic (exact) mass is 379 g/mol. The summed E-state index contributed by atoms with van der Waals surface area (Å²) in [5.74, 6) is 0.403. The molecule has 1 unspecified atom stereocenters. The normalized spacial score (nSPS) is 13.1. The molecule has 0 bridgehead atoms. The van der Waals surface area contributed by atoms with Crippen LogP contribution < -0.4 is 16.6 Å². The highest BCUT2D eigenvalue weighted by atomic mass is 16.5. The number of hydrogen-bond donors (Lipinski definition) is 2. The zero-order valence-corrected chi connectivity index (χ0v) is 16.1. The Balaban J connectivity index is 1.66. The molecule has 1 aromatic heterocycles. The molecule has 0 radical (unpaired) electrons. The summed E-state index contributed by atoms with van der Waals surface area (Å²) < 4.78 is 6.85. The molecule has 6 heteroatoms. The van der Waals surface area contributed by atoms with E-state index in [9.17, 15) is 9.59 Å². The van der Waals surface area contributed by atoms with Gasteiger partial charge in [-0.15, -0.1) is 0 Å². The molecule has 0 aliphatic carbocycles. The Morgan fingerprint density at radius 1 is 1.00 bits per heavy atom. The third-order valence-corrected chi connectivity index (χ3v) is 4.55. The lowest BCUT2D eigenvalue weighted by Crippen LogP contribution is -2.38. The summed E-state index contributed by atoms with van der Waals surface area (Å²) in [5.41, 5.74) is 1.30. The summed E-state index contributed by atoms with van der Waals surface area (Å²) in [6.07, 6.45) is 0. The number of nitrogens with zero attached hydrogens (tertiary/aromatic N) is 1. The van der Waals surface area contributed by atoms with E-state index in [-0.39, 0.29) is 24.2 Å². The van der Waals surface area contributed by atoms with E-state index in [2.05, 4.69) is 10.3 Å². The number of nitrogens with one attached hydrogen (secondary N) is 2. The molecular formula is C22H25N3O3. The van der Waals surface area contributed by atoms with Gasteiger partial charge in [0.1, 0.15) is 5.82 Å². The number of hydrogen-bond acceptors (Lipinski definition) is 4. The molecule has 0 fully saturated rings. The van der Waals surface area contributed by atoms with E-state index in [0.717, 1.165) is 11.1 Å². The smallest absolute Gasteiger partial charge is 0.330 e. The first-order valence-corrected chi connectivity index (χ1v) is 9.33. The quantitative estimate of drug-likeness (QED) is 0.628. The van der Waals surface area contributed by atoms with Gasteiger partial charge in [0.25, 0.3) is 5.56 Å². The lowest BCUT2D eigenvalue weighted by atomic mass is 10.1. The van der Waals surface area contributed by atoms with Gasteiger partial charge in [-0.3, -0.25) is 14.3 Å². The summed E-state index contributed by atoms with van der Waals surface area (Å²) in [7, 11) is 0. The third-order valence-electron chi connectivity index (χ3n) is 4.55. The molecule has 28 heavy (non-hydrogen) atoms. The largest absolute Gasteiger partial charge is 0.375 e. The van der Waals surface area contributed by atoms with Gasteiger partial charge >= 0.3 is 5.69 Å². The van der Waals surface area contributed by atoms with E-state index in [1.165, 1.54) is 10.6 Å². The van der Waals surface area contributed by atoms with E-state index in [1.807, 2.05) is 67.6 Å². The minimum absolute atomic E-state index is 0.0428. The number of benzene rings is 2. The van der Waals surface area contributed by atoms with Crippen LogP contribution in [0.2, 0.25) is 0 Å². The van der Waals surface area contributed by atoms with Crippen LogP contribution in [0.15, 0.2) is 76.3 Å². The Morgan fingerprint density at radius 2 is 1.64 bits per heavy atom. The van der Waals surface area contributed by atoms with Gasteiger partial charge < -0.3 is 10.1 Å². The van der Waals surface area contributed by atoms with Crippen molar-refractivity contribution in [3.8, 4) is 0 Å². The van der Waals surface area contributed by atoms with Crippen LogP contribution in [-0.2, 0) is 11.3 Å².